The Morgan fingerprint density at radius 2 is 1.91 bits per heavy atom. The highest BCUT2D eigenvalue weighted by atomic mass is 32.2. The van der Waals surface area contributed by atoms with E-state index in [1.165, 1.54) is 12.1 Å². The van der Waals surface area contributed by atoms with Crippen LogP contribution in [-0.2, 0) is 24.4 Å². The monoisotopic (exact) mass is 361 g/mol. The second-order valence-corrected chi connectivity index (χ2v) is 9.91. The Hall–Kier alpha value is -0.960. The normalized spacial score (nSPS) is 23.9. The zero-order valence-electron chi connectivity index (χ0n) is 13.1. The topological polar surface area (TPSA) is 89.5 Å². The van der Waals surface area contributed by atoms with Gasteiger partial charge in [0, 0.05) is 19.3 Å². The third kappa shape index (κ3) is 4.76. The predicted octanol–water partition coefficient (Wildman–Crippen LogP) is 0.642. The molecule has 1 fully saturated rings. The Bertz CT molecular complexity index is 701. The summed E-state index contributed by atoms with van der Waals surface area (Å²) in [5, 5.41) is 2.14. The first-order valence-corrected chi connectivity index (χ1v) is 11.0. The summed E-state index contributed by atoms with van der Waals surface area (Å²) in [6.45, 7) is 3.63. The number of rotatable bonds is 8. The van der Waals surface area contributed by atoms with Crippen molar-refractivity contribution in [2.45, 2.75) is 29.5 Å². The summed E-state index contributed by atoms with van der Waals surface area (Å²) in [6.07, 6.45) is 0.711. The summed E-state index contributed by atoms with van der Waals surface area (Å²) in [7, 11) is -7.04. The smallest absolute Gasteiger partial charge is 0.183 e. The van der Waals surface area contributed by atoms with Crippen molar-refractivity contribution >= 4 is 19.7 Å². The van der Waals surface area contributed by atoms with Gasteiger partial charge in [0.1, 0.15) is 0 Å². The molecule has 1 aromatic rings. The number of hydrogen-bond donors (Lipinski definition) is 1. The van der Waals surface area contributed by atoms with E-state index < -0.39 is 31.0 Å². The van der Waals surface area contributed by atoms with Crippen molar-refractivity contribution in [3.8, 4) is 0 Å². The highest BCUT2D eigenvalue weighted by molar-refractivity contribution is 7.96. The van der Waals surface area contributed by atoms with Crippen LogP contribution in [0.2, 0.25) is 0 Å². The van der Waals surface area contributed by atoms with E-state index in [1.54, 1.807) is 18.2 Å². The molecule has 1 saturated heterocycles. The Balaban J connectivity index is 2.11. The van der Waals surface area contributed by atoms with Gasteiger partial charge in [0.2, 0.25) is 0 Å². The molecule has 0 bridgehead atoms. The number of nitrogens with one attached hydrogen (secondary N) is 1. The van der Waals surface area contributed by atoms with Gasteiger partial charge in [-0.3, -0.25) is 0 Å². The largest absolute Gasteiger partial charge is 0.382 e. The molecular weight excluding hydrogens is 338 g/mol. The minimum atomic E-state index is -3.68. The van der Waals surface area contributed by atoms with Gasteiger partial charge in [0.25, 0.3) is 0 Å². The van der Waals surface area contributed by atoms with E-state index in [1.807, 2.05) is 6.92 Å². The van der Waals surface area contributed by atoms with E-state index in [4.69, 9.17) is 4.74 Å². The number of benzene rings is 1. The fourth-order valence-corrected chi connectivity index (χ4v) is 7.44. The average Bonchev–Trinajstić information content (AvgIpc) is 2.84. The van der Waals surface area contributed by atoms with E-state index in [0.29, 0.717) is 26.2 Å². The fraction of sp³-hybridized carbons (Fsp3) is 0.600. The molecule has 0 aromatic heterocycles. The minimum absolute atomic E-state index is 0.141. The van der Waals surface area contributed by atoms with Gasteiger partial charge < -0.3 is 10.1 Å². The van der Waals surface area contributed by atoms with Crippen molar-refractivity contribution in [1.82, 2.24) is 5.32 Å². The molecule has 0 saturated carbocycles. The zero-order chi connectivity index (χ0) is 16.9. The van der Waals surface area contributed by atoms with Crippen LogP contribution in [0.4, 0.5) is 0 Å². The minimum Gasteiger partial charge on any atom is -0.382 e. The van der Waals surface area contributed by atoms with E-state index in [9.17, 15) is 16.8 Å². The van der Waals surface area contributed by atoms with Gasteiger partial charge in [-0.05, 0) is 32.0 Å². The summed E-state index contributed by atoms with van der Waals surface area (Å²) in [5.74, 6) is -0.467. The highest BCUT2D eigenvalue weighted by Gasteiger charge is 2.45. The molecule has 0 amide bonds. The van der Waals surface area contributed by atoms with Gasteiger partial charge in [0.05, 0.1) is 21.7 Å². The quantitative estimate of drug-likeness (QED) is 0.684. The van der Waals surface area contributed by atoms with E-state index in [-0.39, 0.29) is 16.4 Å². The summed E-state index contributed by atoms with van der Waals surface area (Å²) in [4.78, 5) is 0.170. The van der Waals surface area contributed by atoms with Gasteiger partial charge in [0.15, 0.2) is 19.7 Å². The molecule has 1 N–H and O–H groups in total. The van der Waals surface area contributed by atoms with Crippen LogP contribution in [0, 0.1) is 0 Å². The molecule has 23 heavy (non-hydrogen) atoms. The van der Waals surface area contributed by atoms with Crippen LogP contribution in [0.3, 0.4) is 0 Å². The molecule has 0 aliphatic carbocycles. The van der Waals surface area contributed by atoms with Crippen molar-refractivity contribution in [2.24, 2.45) is 0 Å². The van der Waals surface area contributed by atoms with Gasteiger partial charge in [-0.2, -0.15) is 0 Å². The molecule has 130 valence electrons. The third-order valence-electron chi connectivity index (χ3n) is 3.85. The highest BCUT2D eigenvalue weighted by Crippen LogP contribution is 2.25. The lowest BCUT2D eigenvalue weighted by Gasteiger charge is -2.20. The van der Waals surface area contributed by atoms with E-state index >= 15 is 0 Å². The molecule has 8 heteroatoms. The summed E-state index contributed by atoms with van der Waals surface area (Å²) >= 11 is 0. The molecule has 2 atom stereocenters. The number of sulfone groups is 2. The average molecular weight is 361 g/mol. The maximum Gasteiger partial charge on any atom is 0.183 e. The van der Waals surface area contributed by atoms with Gasteiger partial charge in [-0.25, -0.2) is 16.8 Å². The Morgan fingerprint density at radius 3 is 2.57 bits per heavy atom. The first-order chi connectivity index (χ1) is 10.9. The zero-order valence-corrected chi connectivity index (χ0v) is 14.8. The van der Waals surface area contributed by atoms with Crippen molar-refractivity contribution in [3.05, 3.63) is 30.3 Å². The molecule has 0 unspecified atom stereocenters. The van der Waals surface area contributed by atoms with Crippen LogP contribution < -0.4 is 5.32 Å². The second-order valence-electron chi connectivity index (χ2n) is 5.58. The lowest BCUT2D eigenvalue weighted by molar-refractivity contribution is 0.144. The molecule has 1 aliphatic heterocycles. The SMILES string of the molecule is CCOCCCN[C@H]1CS(=O)(=O)C[C@@H]1S(=O)(=O)c1ccccc1. The predicted molar refractivity (Wildman–Crippen MR) is 89.0 cm³/mol. The van der Waals surface area contributed by atoms with E-state index in [2.05, 4.69) is 5.32 Å². The van der Waals surface area contributed by atoms with Crippen LogP contribution in [0.15, 0.2) is 35.2 Å². The lowest BCUT2D eigenvalue weighted by Crippen LogP contribution is -2.43. The van der Waals surface area contributed by atoms with Gasteiger partial charge in [-0.15, -0.1) is 0 Å². The number of ether oxygens (including phenoxy) is 1. The molecule has 6 nitrogen and oxygen atoms in total. The van der Waals surface area contributed by atoms with Crippen LogP contribution in [0.5, 0.6) is 0 Å². The van der Waals surface area contributed by atoms with Crippen molar-refractivity contribution in [2.75, 3.05) is 31.3 Å². The van der Waals surface area contributed by atoms with Crippen LogP contribution >= 0.6 is 0 Å². The Kier molecular flexibility index (Phi) is 6.19. The Morgan fingerprint density at radius 1 is 1.22 bits per heavy atom. The molecule has 0 radical (unpaired) electrons. The van der Waals surface area contributed by atoms with E-state index in [0.717, 1.165) is 0 Å². The molecule has 0 spiro atoms. The van der Waals surface area contributed by atoms with Gasteiger partial charge in [-0.1, -0.05) is 18.2 Å². The van der Waals surface area contributed by atoms with Crippen molar-refractivity contribution in [3.63, 3.8) is 0 Å². The molecule has 2 rings (SSSR count). The van der Waals surface area contributed by atoms with Crippen molar-refractivity contribution < 1.29 is 21.6 Å². The first kappa shape index (κ1) is 18.4. The molecule has 1 aliphatic rings. The fourth-order valence-electron chi connectivity index (χ4n) is 2.70. The molecular formula is C15H23NO5S2. The maximum absolute atomic E-state index is 12.7. The lowest BCUT2D eigenvalue weighted by atomic mass is 10.2. The third-order valence-corrected chi connectivity index (χ3v) is 8.01. The van der Waals surface area contributed by atoms with Crippen LogP contribution in [-0.4, -0.2) is 59.4 Å². The Labute approximate surface area is 138 Å². The number of hydrogen-bond acceptors (Lipinski definition) is 6. The van der Waals surface area contributed by atoms with Crippen LogP contribution in [0.25, 0.3) is 0 Å². The maximum atomic E-state index is 12.7. The standard InChI is InChI=1S/C15H23NO5S2/c1-2-21-10-6-9-16-14-11-22(17,18)12-15(14)23(19,20)13-7-4-3-5-8-13/h3-5,7-8,14-16H,2,6,9-12H2,1H3/t14-,15-/m0/s1. The second kappa shape index (κ2) is 7.74. The van der Waals surface area contributed by atoms with Gasteiger partial charge >= 0.3 is 0 Å². The van der Waals surface area contributed by atoms with Crippen molar-refractivity contribution in [1.29, 1.82) is 0 Å². The summed E-state index contributed by atoms with van der Waals surface area (Å²) in [5.41, 5.74) is 0. The molecule has 1 heterocycles. The molecule has 1 aromatic carbocycles. The summed E-state index contributed by atoms with van der Waals surface area (Å²) < 4.78 is 54.6. The van der Waals surface area contributed by atoms with Crippen LogP contribution in [0.1, 0.15) is 13.3 Å². The first-order valence-electron chi connectivity index (χ1n) is 7.67. The summed E-state index contributed by atoms with van der Waals surface area (Å²) in [6, 6.07) is 7.45.